The van der Waals surface area contributed by atoms with Crippen LogP contribution in [-0.4, -0.2) is 20.8 Å². The minimum absolute atomic E-state index is 0.150. The zero-order valence-electron chi connectivity index (χ0n) is 13.6. The van der Waals surface area contributed by atoms with E-state index in [9.17, 15) is 4.79 Å². The van der Waals surface area contributed by atoms with Gasteiger partial charge in [-0.3, -0.25) is 10.3 Å². The lowest BCUT2D eigenvalue weighted by atomic mass is 10.1. The number of amides is 2. The number of carbonyl (C=O) groups is 1. The van der Waals surface area contributed by atoms with Crippen molar-refractivity contribution >= 4 is 11.8 Å². The van der Waals surface area contributed by atoms with Gasteiger partial charge in [0.2, 0.25) is 0 Å². The first-order valence-electron chi connectivity index (χ1n) is 7.66. The number of aryl methyl sites for hydroxylation is 1. The fourth-order valence-corrected chi connectivity index (χ4v) is 2.35. The molecule has 0 saturated heterocycles. The van der Waals surface area contributed by atoms with Crippen molar-refractivity contribution in [1.29, 1.82) is 0 Å². The molecule has 0 radical (unpaired) electrons. The lowest BCUT2D eigenvalue weighted by molar-refractivity contribution is 0.249. The van der Waals surface area contributed by atoms with Crippen LogP contribution >= 0.6 is 0 Å². The molecule has 0 unspecified atom stereocenters. The van der Waals surface area contributed by atoms with Crippen LogP contribution in [0.25, 0.3) is 0 Å². The fourth-order valence-electron chi connectivity index (χ4n) is 2.35. The third-order valence-electron chi connectivity index (χ3n) is 3.59. The van der Waals surface area contributed by atoms with Crippen molar-refractivity contribution in [1.82, 2.24) is 20.1 Å². The monoisotopic (exact) mass is 325 g/mol. The highest BCUT2D eigenvalue weighted by molar-refractivity contribution is 5.88. The second-order valence-electron chi connectivity index (χ2n) is 5.49. The Morgan fingerprint density at radius 3 is 2.88 bits per heavy atom. The molecule has 0 bridgehead atoms. The Balaban J connectivity index is 1.62. The molecular formula is C17H19N5O2. The molecule has 3 aromatic rings. The number of nitrogens with zero attached hydrogens (tertiary/aromatic N) is 3. The summed E-state index contributed by atoms with van der Waals surface area (Å²) in [6, 6.07) is 8.84. The summed E-state index contributed by atoms with van der Waals surface area (Å²) >= 11 is 0. The highest BCUT2D eigenvalue weighted by atomic mass is 16.3. The molecule has 124 valence electrons. The van der Waals surface area contributed by atoms with Crippen LogP contribution in [0.3, 0.4) is 0 Å². The molecule has 2 N–H and O–H groups in total. The Labute approximate surface area is 139 Å². The van der Waals surface area contributed by atoms with Crippen LogP contribution in [0.4, 0.5) is 10.6 Å². The van der Waals surface area contributed by atoms with E-state index in [1.54, 1.807) is 29.3 Å². The van der Waals surface area contributed by atoms with E-state index in [1.807, 2.05) is 38.1 Å². The smallest absolute Gasteiger partial charge is 0.320 e. The van der Waals surface area contributed by atoms with Crippen molar-refractivity contribution < 1.29 is 9.21 Å². The number of anilines is 1. The number of hydrogen-bond acceptors (Lipinski definition) is 4. The maximum absolute atomic E-state index is 12.2. The van der Waals surface area contributed by atoms with Gasteiger partial charge < -0.3 is 9.73 Å². The Morgan fingerprint density at radius 1 is 1.29 bits per heavy atom. The number of urea groups is 1. The largest absolute Gasteiger partial charge is 0.464 e. The van der Waals surface area contributed by atoms with Crippen molar-refractivity contribution in [3.05, 3.63) is 66.0 Å². The maximum Gasteiger partial charge on any atom is 0.320 e. The highest BCUT2D eigenvalue weighted by Crippen LogP contribution is 2.14. The molecule has 0 aliphatic carbocycles. The second kappa shape index (κ2) is 6.99. The first kappa shape index (κ1) is 15.8. The van der Waals surface area contributed by atoms with Crippen molar-refractivity contribution in [2.75, 3.05) is 5.32 Å². The van der Waals surface area contributed by atoms with Gasteiger partial charge in [0.25, 0.3) is 0 Å². The predicted octanol–water partition coefficient (Wildman–Crippen LogP) is 3.11. The molecule has 0 aliphatic heterocycles. The van der Waals surface area contributed by atoms with Crippen LogP contribution in [0.1, 0.15) is 30.0 Å². The molecule has 7 nitrogen and oxygen atoms in total. The van der Waals surface area contributed by atoms with Crippen molar-refractivity contribution in [3.8, 4) is 0 Å². The summed E-state index contributed by atoms with van der Waals surface area (Å²) in [4.78, 5) is 16.3. The van der Waals surface area contributed by atoms with Crippen LogP contribution in [0.15, 0.2) is 53.3 Å². The molecule has 1 atom stereocenters. The Kier molecular flexibility index (Phi) is 4.60. The van der Waals surface area contributed by atoms with Gasteiger partial charge in [-0.2, -0.15) is 5.10 Å². The zero-order valence-corrected chi connectivity index (χ0v) is 13.6. The number of furan rings is 1. The first-order chi connectivity index (χ1) is 11.6. The third kappa shape index (κ3) is 3.81. The molecule has 0 saturated carbocycles. The van der Waals surface area contributed by atoms with Gasteiger partial charge in [0.1, 0.15) is 23.9 Å². The maximum atomic E-state index is 12.2. The summed E-state index contributed by atoms with van der Waals surface area (Å²) in [7, 11) is 0. The van der Waals surface area contributed by atoms with Crippen molar-refractivity contribution in [2.24, 2.45) is 0 Å². The number of rotatable bonds is 5. The molecule has 0 aromatic carbocycles. The molecule has 0 spiro atoms. The minimum Gasteiger partial charge on any atom is -0.464 e. The van der Waals surface area contributed by atoms with Crippen LogP contribution < -0.4 is 10.6 Å². The van der Waals surface area contributed by atoms with Crippen LogP contribution in [0.5, 0.6) is 0 Å². The van der Waals surface area contributed by atoms with Gasteiger partial charge in [-0.05, 0) is 37.6 Å². The minimum atomic E-state index is -0.302. The first-order valence-corrected chi connectivity index (χ1v) is 7.66. The van der Waals surface area contributed by atoms with E-state index in [2.05, 4.69) is 20.7 Å². The van der Waals surface area contributed by atoms with Crippen molar-refractivity contribution in [3.63, 3.8) is 0 Å². The molecule has 7 heteroatoms. The van der Waals surface area contributed by atoms with Gasteiger partial charge in [-0.15, -0.1) is 0 Å². The van der Waals surface area contributed by atoms with E-state index in [0.29, 0.717) is 12.4 Å². The average molecular weight is 325 g/mol. The zero-order chi connectivity index (χ0) is 16.9. The third-order valence-corrected chi connectivity index (χ3v) is 3.59. The number of aromatic nitrogens is 3. The molecule has 24 heavy (non-hydrogen) atoms. The lowest BCUT2D eigenvalue weighted by Crippen LogP contribution is -2.32. The molecule has 0 aliphatic rings. The summed E-state index contributed by atoms with van der Waals surface area (Å²) < 4.78 is 7.22. The fraction of sp³-hybridized carbons (Fsp3) is 0.235. The summed E-state index contributed by atoms with van der Waals surface area (Å²) in [5.74, 6) is 2.22. The normalized spacial score (nSPS) is 11.9. The van der Waals surface area contributed by atoms with Crippen molar-refractivity contribution in [2.45, 2.75) is 26.4 Å². The Hall–Kier alpha value is -3.09. The van der Waals surface area contributed by atoms with Gasteiger partial charge in [-0.1, -0.05) is 6.07 Å². The highest BCUT2D eigenvalue weighted by Gasteiger charge is 2.12. The number of carbonyl (C=O) groups excluding carboxylic acids is 1. The number of hydrogen-bond donors (Lipinski definition) is 2. The van der Waals surface area contributed by atoms with E-state index in [-0.39, 0.29) is 12.1 Å². The van der Waals surface area contributed by atoms with E-state index in [1.165, 1.54) is 0 Å². The Bertz CT molecular complexity index is 809. The molecule has 2 amide bonds. The Morgan fingerprint density at radius 2 is 2.17 bits per heavy atom. The second-order valence-corrected chi connectivity index (χ2v) is 5.49. The lowest BCUT2D eigenvalue weighted by Gasteiger charge is -2.15. The van der Waals surface area contributed by atoms with Gasteiger partial charge in [0, 0.05) is 18.5 Å². The van der Waals surface area contributed by atoms with Crippen LogP contribution in [0.2, 0.25) is 0 Å². The molecule has 3 aromatic heterocycles. The van der Waals surface area contributed by atoms with Gasteiger partial charge >= 0.3 is 6.03 Å². The molecular weight excluding hydrogens is 306 g/mol. The van der Waals surface area contributed by atoms with E-state index in [0.717, 1.165) is 17.1 Å². The SMILES string of the molecule is Cc1ccc(Cn2nccc2NC(=O)N[C@H](C)c2cccnc2)o1. The summed E-state index contributed by atoms with van der Waals surface area (Å²) in [5.41, 5.74) is 0.937. The van der Waals surface area contributed by atoms with E-state index >= 15 is 0 Å². The number of nitrogens with one attached hydrogen (secondary N) is 2. The van der Waals surface area contributed by atoms with Crippen LogP contribution in [-0.2, 0) is 6.54 Å². The summed E-state index contributed by atoms with van der Waals surface area (Å²) in [5, 5.41) is 9.90. The average Bonchev–Trinajstić information content (AvgIpc) is 3.18. The topological polar surface area (TPSA) is 85.0 Å². The summed E-state index contributed by atoms with van der Waals surface area (Å²) in [6.07, 6.45) is 5.07. The molecule has 3 heterocycles. The molecule has 0 fully saturated rings. The van der Waals surface area contributed by atoms with Gasteiger partial charge in [0.05, 0.1) is 12.2 Å². The van der Waals surface area contributed by atoms with Gasteiger partial charge in [-0.25, -0.2) is 9.48 Å². The standard InChI is InChI=1S/C17H19N5O2/c1-12-5-6-15(24-12)11-22-16(7-9-19-22)21-17(23)20-13(2)14-4-3-8-18-10-14/h3-10,13H,11H2,1-2H3,(H2,20,21,23)/t13-/m1/s1. The van der Waals surface area contributed by atoms with E-state index < -0.39 is 0 Å². The predicted molar refractivity (Wildman–Crippen MR) is 89.6 cm³/mol. The van der Waals surface area contributed by atoms with Crippen LogP contribution in [0, 0.1) is 6.92 Å². The summed E-state index contributed by atoms with van der Waals surface area (Å²) in [6.45, 7) is 4.24. The quantitative estimate of drug-likeness (QED) is 0.755. The molecule has 3 rings (SSSR count). The number of pyridine rings is 1. The van der Waals surface area contributed by atoms with E-state index in [4.69, 9.17) is 4.42 Å². The van der Waals surface area contributed by atoms with Gasteiger partial charge in [0.15, 0.2) is 0 Å².